The van der Waals surface area contributed by atoms with Gasteiger partial charge in [0.15, 0.2) is 0 Å². The van der Waals surface area contributed by atoms with Crippen LogP contribution in [0.2, 0.25) is 0 Å². The molecule has 0 atom stereocenters. The zero-order valence-electron chi connectivity index (χ0n) is 22.4. The molecule has 0 aromatic rings. The molecule has 0 unspecified atom stereocenters. The van der Waals surface area contributed by atoms with Gasteiger partial charge in [0.05, 0.1) is 59.5 Å². The summed E-state index contributed by atoms with van der Waals surface area (Å²) >= 11 is 0. The molecule has 0 aromatic heterocycles. The van der Waals surface area contributed by atoms with Gasteiger partial charge in [-0.05, 0) is 31.3 Å². The Labute approximate surface area is 252 Å². The second kappa shape index (κ2) is 43.0. The van der Waals surface area contributed by atoms with Crippen molar-refractivity contribution in [2.45, 2.75) is 90.5 Å². The molecule has 12 heteroatoms. The van der Waals surface area contributed by atoms with Crippen molar-refractivity contribution in [3.05, 3.63) is 12.2 Å². The van der Waals surface area contributed by atoms with Gasteiger partial charge in [-0.15, -0.1) is 0 Å². The second-order valence-electron chi connectivity index (χ2n) is 8.40. The Bertz CT molecular complexity index is 436. The number of ether oxygens (including phenoxy) is 1. The number of aliphatic hydroxyl groups is 7. The van der Waals surface area contributed by atoms with Gasteiger partial charge < -0.3 is 51.1 Å². The highest BCUT2D eigenvalue weighted by atomic mass is 16.5. The van der Waals surface area contributed by atoms with Crippen LogP contribution in [0.3, 0.4) is 0 Å². The molecule has 0 aliphatic heterocycles. The molecule has 0 radical (unpaired) electrons. The van der Waals surface area contributed by atoms with Crippen LogP contribution >= 0.6 is 0 Å². The van der Waals surface area contributed by atoms with Crippen LogP contribution in [0.1, 0.15) is 90.5 Å². The molecule has 0 fully saturated rings. The molecule has 0 aliphatic rings. The van der Waals surface area contributed by atoms with Gasteiger partial charge in [0, 0.05) is 16.2 Å². The number of carbonyl (C=O) groups excluding carboxylic acids is 1. The quantitative estimate of drug-likeness (QED) is 0.0929. The Morgan fingerprint density at radius 1 is 0.610 bits per heavy atom. The highest BCUT2D eigenvalue weighted by molar-refractivity contribution is 5.71. The molecule has 0 rings (SSSR count). The lowest BCUT2D eigenvalue weighted by molar-refractivity contribution is -0.122. The maximum absolute atomic E-state index is 9.64. The van der Waals surface area contributed by atoms with Crippen LogP contribution in [-0.4, -0.2) is 119 Å². The maximum Gasteiger partial charge on any atom is 0.290 e. The van der Waals surface area contributed by atoms with Crippen molar-refractivity contribution in [2.24, 2.45) is 16.2 Å². The SMILES string of the molecule is C.C.C.C.C.C=C(C=O)CC.CCC(CO)(CO)CO.CCC(CO)(CO)COCC(CC)(CO)CO.O.O=CO. The summed E-state index contributed by atoms with van der Waals surface area (Å²) in [7, 11) is 0. The van der Waals surface area contributed by atoms with Gasteiger partial charge in [0.1, 0.15) is 6.29 Å². The van der Waals surface area contributed by atoms with E-state index >= 15 is 0 Å². The first-order valence-corrected chi connectivity index (χ1v) is 11.6. The average molecular weight is 613 g/mol. The molecule has 41 heavy (non-hydrogen) atoms. The lowest BCUT2D eigenvalue weighted by Gasteiger charge is -2.32. The van der Waals surface area contributed by atoms with E-state index in [1.54, 1.807) is 0 Å². The van der Waals surface area contributed by atoms with Crippen LogP contribution in [-0.2, 0) is 14.3 Å². The molecule has 10 N–H and O–H groups in total. The molecule has 0 spiro atoms. The van der Waals surface area contributed by atoms with E-state index in [9.17, 15) is 25.2 Å². The standard InChI is InChI=1S/C12H26O5.C6H14O3.C5H8O.CH2O2.5CH4.H2O/c1-3-11(5-13,6-14)9-17-10-12(4-2,7-15)8-16;1-2-6(3-7,4-8)5-9;1-3-5(2)4-6;2-1-3;;;;;;/h13-16H,3-10H2,1-2H3;7-9H,2-5H2,1H3;4H,2-3H2,1H3;1H,(H,2,3);5*1H4;1H2. The van der Waals surface area contributed by atoms with Gasteiger partial charge in [-0.3, -0.25) is 9.59 Å². The first-order valence-electron chi connectivity index (χ1n) is 11.6. The van der Waals surface area contributed by atoms with Gasteiger partial charge >= 0.3 is 0 Å². The zero-order valence-corrected chi connectivity index (χ0v) is 22.4. The number of rotatable bonds is 16. The van der Waals surface area contributed by atoms with Crippen LogP contribution < -0.4 is 0 Å². The summed E-state index contributed by atoms with van der Waals surface area (Å²) < 4.78 is 5.47. The van der Waals surface area contributed by atoms with E-state index in [4.69, 9.17) is 30.0 Å². The van der Waals surface area contributed by atoms with Crippen LogP contribution in [0.25, 0.3) is 0 Å². The van der Waals surface area contributed by atoms with E-state index in [-0.39, 0.29) is 109 Å². The molecule has 12 nitrogen and oxygen atoms in total. The third-order valence-electron chi connectivity index (χ3n) is 6.04. The monoisotopic (exact) mass is 613 g/mol. The van der Waals surface area contributed by atoms with Gasteiger partial charge in [-0.1, -0.05) is 71.4 Å². The van der Waals surface area contributed by atoms with E-state index in [0.29, 0.717) is 24.8 Å². The normalized spacial score (nSPS) is 9.44. The summed E-state index contributed by atoms with van der Waals surface area (Å²) in [6.07, 6.45) is 3.36. The fourth-order valence-electron chi connectivity index (χ4n) is 1.99. The minimum Gasteiger partial charge on any atom is -0.483 e. The number of aliphatic hydroxyl groups excluding tert-OH is 7. The number of aldehydes is 1. The molecule has 0 aliphatic carbocycles. The molecule has 0 saturated carbocycles. The first kappa shape index (κ1) is 67.3. The van der Waals surface area contributed by atoms with Gasteiger partial charge in [-0.2, -0.15) is 0 Å². The van der Waals surface area contributed by atoms with Crippen LogP contribution in [0, 0.1) is 16.2 Å². The van der Waals surface area contributed by atoms with E-state index in [1.807, 2.05) is 27.7 Å². The van der Waals surface area contributed by atoms with Crippen LogP contribution in [0.15, 0.2) is 12.2 Å². The van der Waals surface area contributed by atoms with E-state index in [0.717, 1.165) is 12.7 Å². The Balaban J connectivity index is -0.0000000431. The highest BCUT2D eigenvalue weighted by Gasteiger charge is 2.31. The molecule has 0 amide bonds. The van der Waals surface area contributed by atoms with Crippen molar-refractivity contribution in [1.82, 2.24) is 0 Å². The molecule has 0 bridgehead atoms. The molecule has 0 aromatic carbocycles. The number of hydrogen-bond donors (Lipinski definition) is 8. The lowest BCUT2D eigenvalue weighted by Crippen LogP contribution is -2.39. The summed E-state index contributed by atoms with van der Waals surface area (Å²) in [5.41, 5.74) is -1.27. The number of carbonyl (C=O) groups is 2. The van der Waals surface area contributed by atoms with Gasteiger partial charge in [0.2, 0.25) is 0 Å². The van der Waals surface area contributed by atoms with Crippen molar-refractivity contribution in [3.8, 4) is 0 Å². The third-order valence-corrected chi connectivity index (χ3v) is 6.04. The van der Waals surface area contributed by atoms with Crippen molar-refractivity contribution < 1.29 is 60.7 Å². The molecule has 0 heterocycles. The number of hydrogen-bond acceptors (Lipinski definition) is 10. The molecular weight excluding hydrogens is 540 g/mol. The van der Waals surface area contributed by atoms with Crippen molar-refractivity contribution in [1.29, 1.82) is 0 Å². The smallest absolute Gasteiger partial charge is 0.290 e. The van der Waals surface area contributed by atoms with E-state index in [2.05, 4.69) is 6.58 Å². The average Bonchev–Trinajstić information content (AvgIpc) is 2.92. The second-order valence-corrected chi connectivity index (χ2v) is 8.40. The van der Waals surface area contributed by atoms with E-state index in [1.165, 1.54) is 0 Å². The molecular formula is C29H72O12. The number of allylic oxidation sites excluding steroid dienone is 1. The summed E-state index contributed by atoms with van der Waals surface area (Å²) in [5, 5.41) is 69.8. The van der Waals surface area contributed by atoms with E-state index < -0.39 is 16.2 Å². The summed E-state index contributed by atoms with van der Waals surface area (Å²) in [5.74, 6) is 0. The van der Waals surface area contributed by atoms with Gasteiger partial charge in [-0.25, -0.2) is 0 Å². The van der Waals surface area contributed by atoms with Crippen molar-refractivity contribution in [3.63, 3.8) is 0 Å². The summed E-state index contributed by atoms with van der Waals surface area (Å²) in [6, 6.07) is 0. The van der Waals surface area contributed by atoms with Crippen LogP contribution in [0.5, 0.6) is 0 Å². The topological polar surface area (TPSA) is 237 Å². The highest BCUT2D eigenvalue weighted by Crippen LogP contribution is 2.25. The van der Waals surface area contributed by atoms with Crippen molar-refractivity contribution in [2.75, 3.05) is 59.5 Å². The Morgan fingerprint density at radius 3 is 0.902 bits per heavy atom. The Kier molecular flexibility index (Phi) is 70.5. The Morgan fingerprint density at radius 2 is 0.829 bits per heavy atom. The summed E-state index contributed by atoms with van der Waals surface area (Å²) in [6.45, 7) is 10.1. The zero-order chi connectivity index (χ0) is 28.4. The summed E-state index contributed by atoms with van der Waals surface area (Å²) in [4.78, 5) is 18.0. The fourth-order valence-corrected chi connectivity index (χ4v) is 1.99. The first-order chi connectivity index (χ1) is 16.5. The van der Waals surface area contributed by atoms with Crippen molar-refractivity contribution >= 4 is 12.8 Å². The minimum absolute atomic E-state index is 0. The lowest BCUT2D eigenvalue weighted by atomic mass is 9.86. The molecule has 260 valence electrons. The number of carboxylic acid groups (broad SMARTS) is 1. The maximum atomic E-state index is 9.64. The Hall–Kier alpha value is -1.48. The largest absolute Gasteiger partial charge is 0.483 e. The van der Waals surface area contributed by atoms with Gasteiger partial charge in [0.25, 0.3) is 6.47 Å². The predicted octanol–water partition coefficient (Wildman–Crippen LogP) is 2.33. The fraction of sp³-hybridized carbons (Fsp3) is 0.862. The molecule has 0 saturated heterocycles. The van der Waals surface area contributed by atoms with Crippen LogP contribution in [0.4, 0.5) is 0 Å². The minimum atomic E-state index is -0.667. The predicted molar refractivity (Wildman–Crippen MR) is 170 cm³/mol. The third kappa shape index (κ3) is 31.3.